The Bertz CT molecular complexity index is 454. The van der Waals surface area contributed by atoms with Gasteiger partial charge in [-0.15, -0.1) is 0 Å². The van der Waals surface area contributed by atoms with Crippen LogP contribution in [-0.4, -0.2) is 71.1 Å². The molecule has 7 heteroatoms. The molecule has 0 spiro atoms. The van der Waals surface area contributed by atoms with Crippen LogP contribution in [0.2, 0.25) is 0 Å². The van der Waals surface area contributed by atoms with Gasteiger partial charge in [-0.05, 0) is 17.3 Å². The van der Waals surface area contributed by atoms with E-state index in [9.17, 15) is 9.59 Å². The number of hydrogen-bond acceptors (Lipinski definition) is 6. The zero-order chi connectivity index (χ0) is 22.9. The van der Waals surface area contributed by atoms with Crippen molar-refractivity contribution < 1.29 is 28.5 Å². The van der Waals surface area contributed by atoms with Crippen LogP contribution in [0.5, 0.6) is 0 Å². The SMILES string of the molecule is CC(C)(C)CCNC(=O)CCOCCOCCOCCOCCC(=O)CC(C)(C)C. The van der Waals surface area contributed by atoms with Crippen LogP contribution >= 0.6 is 0 Å². The summed E-state index contributed by atoms with van der Waals surface area (Å²) in [4.78, 5) is 23.4. The second-order valence-corrected chi connectivity index (χ2v) is 9.89. The molecule has 0 fully saturated rings. The van der Waals surface area contributed by atoms with Crippen molar-refractivity contribution in [3.8, 4) is 0 Å². The molecule has 0 aliphatic heterocycles. The fraction of sp³-hybridized carbons (Fsp3) is 0.913. The standard InChI is InChI=1S/C23H45NO6/c1-22(2,3)9-10-24-21(26)8-12-28-14-16-30-18-17-29-15-13-27-11-7-20(25)19-23(4,5)6/h7-19H2,1-6H3,(H,24,26). The number of hydrogen-bond donors (Lipinski definition) is 1. The van der Waals surface area contributed by atoms with Gasteiger partial charge in [0, 0.05) is 25.8 Å². The van der Waals surface area contributed by atoms with Gasteiger partial charge in [0.1, 0.15) is 5.78 Å². The summed E-state index contributed by atoms with van der Waals surface area (Å²) in [5.41, 5.74) is 0.260. The largest absolute Gasteiger partial charge is 0.379 e. The first-order valence-corrected chi connectivity index (χ1v) is 11.1. The summed E-state index contributed by atoms with van der Waals surface area (Å²) in [7, 11) is 0. The van der Waals surface area contributed by atoms with E-state index in [1.165, 1.54) is 0 Å². The van der Waals surface area contributed by atoms with Crippen molar-refractivity contribution in [1.29, 1.82) is 0 Å². The summed E-state index contributed by atoms with van der Waals surface area (Å²) in [5.74, 6) is 0.259. The molecule has 0 aromatic rings. The van der Waals surface area contributed by atoms with Gasteiger partial charge in [-0.25, -0.2) is 0 Å². The maximum Gasteiger partial charge on any atom is 0.222 e. The molecular formula is C23H45NO6. The summed E-state index contributed by atoms with van der Waals surface area (Å²) < 4.78 is 21.6. The minimum atomic E-state index is 0.0226. The highest BCUT2D eigenvalue weighted by Gasteiger charge is 2.15. The molecule has 0 rings (SSSR count). The molecule has 30 heavy (non-hydrogen) atoms. The lowest BCUT2D eigenvalue weighted by Crippen LogP contribution is -2.28. The number of ether oxygens (including phenoxy) is 4. The first kappa shape index (κ1) is 29.0. The van der Waals surface area contributed by atoms with Crippen molar-refractivity contribution in [2.75, 3.05) is 59.4 Å². The molecule has 0 heterocycles. The number of Topliss-reactive ketones (excluding diaryl/α,β-unsaturated/α-hetero) is 1. The average Bonchev–Trinajstić information content (AvgIpc) is 2.59. The van der Waals surface area contributed by atoms with Gasteiger partial charge in [-0.3, -0.25) is 9.59 Å². The normalized spacial score (nSPS) is 12.2. The van der Waals surface area contributed by atoms with E-state index in [0.717, 1.165) is 6.42 Å². The zero-order valence-corrected chi connectivity index (χ0v) is 20.1. The first-order valence-electron chi connectivity index (χ1n) is 11.1. The van der Waals surface area contributed by atoms with Crippen molar-refractivity contribution >= 4 is 11.7 Å². The van der Waals surface area contributed by atoms with Crippen LogP contribution in [0.4, 0.5) is 0 Å². The van der Waals surface area contributed by atoms with Crippen molar-refractivity contribution in [1.82, 2.24) is 5.32 Å². The van der Waals surface area contributed by atoms with E-state index in [2.05, 4.69) is 46.9 Å². The Hall–Kier alpha value is -1.02. The molecule has 0 saturated heterocycles. The van der Waals surface area contributed by atoms with E-state index in [-0.39, 0.29) is 22.5 Å². The van der Waals surface area contributed by atoms with Gasteiger partial charge in [-0.1, -0.05) is 41.5 Å². The number of nitrogens with one attached hydrogen (secondary N) is 1. The Balaban J connectivity index is 3.28. The minimum Gasteiger partial charge on any atom is -0.379 e. The van der Waals surface area contributed by atoms with Crippen LogP contribution in [0.25, 0.3) is 0 Å². The molecule has 0 saturated carbocycles. The third-order valence-electron chi connectivity index (χ3n) is 4.04. The van der Waals surface area contributed by atoms with Crippen LogP contribution in [0.3, 0.4) is 0 Å². The molecule has 0 aromatic heterocycles. The van der Waals surface area contributed by atoms with Crippen molar-refractivity contribution in [2.24, 2.45) is 10.8 Å². The Kier molecular flexibility index (Phi) is 16.1. The fourth-order valence-corrected chi connectivity index (χ4v) is 2.46. The second kappa shape index (κ2) is 16.6. The zero-order valence-electron chi connectivity index (χ0n) is 20.1. The van der Waals surface area contributed by atoms with Gasteiger partial charge in [0.25, 0.3) is 0 Å². The summed E-state index contributed by atoms with van der Waals surface area (Å²) in [6, 6.07) is 0. The van der Waals surface area contributed by atoms with Gasteiger partial charge in [0.2, 0.25) is 5.91 Å². The number of ketones is 1. The van der Waals surface area contributed by atoms with E-state index in [4.69, 9.17) is 18.9 Å². The van der Waals surface area contributed by atoms with Crippen LogP contribution in [0.15, 0.2) is 0 Å². The number of amides is 1. The third kappa shape index (κ3) is 23.3. The Morgan fingerprint density at radius 3 is 1.50 bits per heavy atom. The molecule has 0 aromatic carbocycles. The highest BCUT2D eigenvalue weighted by Crippen LogP contribution is 2.19. The molecule has 0 aliphatic carbocycles. The van der Waals surface area contributed by atoms with Crippen LogP contribution in [-0.2, 0) is 28.5 Å². The van der Waals surface area contributed by atoms with E-state index in [1.807, 2.05) is 0 Å². The lowest BCUT2D eigenvalue weighted by atomic mass is 9.89. The number of rotatable bonds is 18. The number of carbonyl (C=O) groups is 2. The van der Waals surface area contributed by atoms with Crippen molar-refractivity contribution in [3.63, 3.8) is 0 Å². The van der Waals surface area contributed by atoms with Gasteiger partial charge in [-0.2, -0.15) is 0 Å². The minimum absolute atomic E-state index is 0.0226. The molecule has 0 radical (unpaired) electrons. The van der Waals surface area contributed by atoms with Crippen LogP contribution < -0.4 is 5.32 Å². The van der Waals surface area contributed by atoms with Crippen molar-refractivity contribution in [2.45, 2.75) is 67.2 Å². The highest BCUT2D eigenvalue weighted by atomic mass is 16.6. The average molecular weight is 432 g/mol. The van der Waals surface area contributed by atoms with E-state index in [0.29, 0.717) is 78.7 Å². The molecule has 1 N–H and O–H groups in total. The summed E-state index contributed by atoms with van der Waals surface area (Å²) in [5, 5.41) is 2.90. The van der Waals surface area contributed by atoms with Gasteiger partial charge in [0.05, 0.1) is 52.9 Å². The van der Waals surface area contributed by atoms with Crippen LogP contribution in [0, 0.1) is 10.8 Å². The maximum absolute atomic E-state index is 11.7. The predicted molar refractivity (Wildman–Crippen MR) is 119 cm³/mol. The predicted octanol–water partition coefficient (Wildman–Crippen LogP) is 3.39. The van der Waals surface area contributed by atoms with Gasteiger partial charge >= 0.3 is 0 Å². The summed E-state index contributed by atoms with van der Waals surface area (Å²) in [6.45, 7) is 17.0. The fourth-order valence-electron chi connectivity index (χ4n) is 2.46. The lowest BCUT2D eigenvalue weighted by molar-refractivity contribution is -0.123. The summed E-state index contributed by atoms with van der Waals surface area (Å²) >= 11 is 0. The molecule has 0 bridgehead atoms. The quantitative estimate of drug-likeness (QED) is 0.335. The Morgan fingerprint density at radius 1 is 0.633 bits per heavy atom. The number of carbonyl (C=O) groups excluding carboxylic acids is 2. The van der Waals surface area contributed by atoms with Crippen LogP contribution in [0.1, 0.15) is 67.2 Å². The van der Waals surface area contributed by atoms with Crippen molar-refractivity contribution in [3.05, 3.63) is 0 Å². The molecular weight excluding hydrogens is 386 g/mol. The van der Waals surface area contributed by atoms with E-state index < -0.39 is 0 Å². The van der Waals surface area contributed by atoms with Gasteiger partial charge in [0.15, 0.2) is 0 Å². The Labute approximate surface area is 183 Å². The molecule has 7 nitrogen and oxygen atoms in total. The smallest absolute Gasteiger partial charge is 0.222 e. The summed E-state index contributed by atoms with van der Waals surface area (Å²) in [6.07, 6.45) is 2.37. The maximum atomic E-state index is 11.7. The van der Waals surface area contributed by atoms with E-state index >= 15 is 0 Å². The highest BCUT2D eigenvalue weighted by molar-refractivity contribution is 5.79. The lowest BCUT2D eigenvalue weighted by Gasteiger charge is -2.17. The second-order valence-electron chi connectivity index (χ2n) is 9.89. The van der Waals surface area contributed by atoms with Gasteiger partial charge < -0.3 is 24.3 Å². The molecule has 178 valence electrons. The molecule has 0 unspecified atom stereocenters. The molecule has 0 atom stereocenters. The monoisotopic (exact) mass is 431 g/mol. The topological polar surface area (TPSA) is 83.1 Å². The Morgan fingerprint density at radius 2 is 1.07 bits per heavy atom. The van der Waals surface area contributed by atoms with E-state index in [1.54, 1.807) is 0 Å². The molecule has 1 amide bonds. The third-order valence-corrected chi connectivity index (χ3v) is 4.04. The first-order chi connectivity index (χ1) is 14.0. The molecule has 0 aliphatic rings.